The summed E-state index contributed by atoms with van der Waals surface area (Å²) in [5.41, 5.74) is 3.83. The molecule has 1 aliphatic rings. The van der Waals surface area contributed by atoms with Crippen molar-refractivity contribution in [1.29, 1.82) is 0 Å². The smallest absolute Gasteiger partial charge is 0.251 e. The fourth-order valence-electron chi connectivity index (χ4n) is 3.72. The molecule has 2 aromatic carbocycles. The summed E-state index contributed by atoms with van der Waals surface area (Å²) in [6.45, 7) is 7.83. The summed E-state index contributed by atoms with van der Waals surface area (Å²) in [6.07, 6.45) is 2.11. The summed E-state index contributed by atoms with van der Waals surface area (Å²) < 4.78 is 22.7. The Kier molecular flexibility index (Phi) is 7.50. The second-order valence-corrected chi connectivity index (χ2v) is 10.2. The zero-order chi connectivity index (χ0) is 21.6. The Labute approximate surface area is 179 Å². The van der Waals surface area contributed by atoms with Crippen LogP contribution >= 0.6 is 0 Å². The van der Waals surface area contributed by atoms with Gasteiger partial charge in [-0.25, -0.2) is 8.42 Å². The van der Waals surface area contributed by atoms with Crippen molar-refractivity contribution in [3.63, 3.8) is 0 Å². The first-order chi connectivity index (χ1) is 14.3. The van der Waals surface area contributed by atoms with E-state index in [1.54, 1.807) is 24.3 Å². The first kappa shape index (κ1) is 22.3. The van der Waals surface area contributed by atoms with E-state index in [-0.39, 0.29) is 11.7 Å². The van der Waals surface area contributed by atoms with Crippen LogP contribution in [0.3, 0.4) is 0 Å². The normalized spacial score (nSPS) is 15.2. The molecule has 3 rings (SSSR count). The molecule has 30 heavy (non-hydrogen) atoms. The van der Waals surface area contributed by atoms with E-state index in [1.165, 1.54) is 17.5 Å². The number of nitrogens with one attached hydrogen (secondary N) is 1. The Balaban J connectivity index is 1.36. The summed E-state index contributed by atoms with van der Waals surface area (Å²) in [5.74, 6) is -0.128. The SMILES string of the molecule is Cc1cccc(N2CCN(CCCNC(=O)c3ccc(CS(C)(=O)=O)cc3)CC2)c1. The first-order valence-electron chi connectivity index (χ1n) is 10.4. The van der Waals surface area contributed by atoms with E-state index in [4.69, 9.17) is 0 Å². The van der Waals surface area contributed by atoms with Crippen LogP contribution in [0.15, 0.2) is 48.5 Å². The minimum Gasteiger partial charge on any atom is -0.369 e. The van der Waals surface area contributed by atoms with Crippen LogP contribution in [0.2, 0.25) is 0 Å². The highest BCUT2D eigenvalue weighted by Crippen LogP contribution is 2.17. The Morgan fingerprint density at radius 2 is 1.73 bits per heavy atom. The van der Waals surface area contributed by atoms with Gasteiger partial charge in [0, 0.05) is 50.2 Å². The van der Waals surface area contributed by atoms with Crippen molar-refractivity contribution in [3.05, 3.63) is 65.2 Å². The van der Waals surface area contributed by atoms with Gasteiger partial charge in [0.25, 0.3) is 5.91 Å². The second-order valence-electron chi connectivity index (χ2n) is 8.04. The molecule has 0 bridgehead atoms. The maximum Gasteiger partial charge on any atom is 0.251 e. The second kappa shape index (κ2) is 10.1. The number of carbonyl (C=O) groups excluding carboxylic acids is 1. The van der Waals surface area contributed by atoms with Gasteiger partial charge in [0.1, 0.15) is 0 Å². The zero-order valence-corrected chi connectivity index (χ0v) is 18.6. The standard InChI is InChI=1S/C23H31N3O3S/c1-19-5-3-6-22(17-19)26-15-13-25(14-16-26)12-4-11-24-23(27)21-9-7-20(8-10-21)18-30(2,28)29/h3,5-10,17H,4,11-16,18H2,1-2H3,(H,24,27). The molecule has 0 atom stereocenters. The largest absolute Gasteiger partial charge is 0.369 e. The molecule has 2 aromatic rings. The van der Waals surface area contributed by atoms with Crippen LogP contribution in [-0.4, -0.2) is 64.7 Å². The van der Waals surface area contributed by atoms with Crippen LogP contribution in [0.4, 0.5) is 5.69 Å². The number of rotatable bonds is 8. The number of benzene rings is 2. The molecule has 1 heterocycles. The molecule has 0 spiro atoms. The molecule has 0 aliphatic carbocycles. The lowest BCUT2D eigenvalue weighted by Crippen LogP contribution is -2.47. The lowest BCUT2D eigenvalue weighted by atomic mass is 10.1. The van der Waals surface area contributed by atoms with E-state index >= 15 is 0 Å². The van der Waals surface area contributed by atoms with E-state index in [1.807, 2.05) is 0 Å². The summed E-state index contributed by atoms with van der Waals surface area (Å²) in [6, 6.07) is 15.4. The summed E-state index contributed by atoms with van der Waals surface area (Å²) in [5, 5.41) is 2.95. The Bertz CT molecular complexity index is 950. The molecular weight excluding hydrogens is 398 g/mol. The van der Waals surface area contributed by atoms with Crippen LogP contribution in [0.25, 0.3) is 0 Å². The molecule has 1 aliphatic heterocycles. The molecule has 0 aromatic heterocycles. The van der Waals surface area contributed by atoms with Crippen LogP contribution in [-0.2, 0) is 15.6 Å². The van der Waals surface area contributed by atoms with E-state index < -0.39 is 9.84 Å². The summed E-state index contributed by atoms with van der Waals surface area (Å²) in [4.78, 5) is 17.1. The number of hydrogen-bond acceptors (Lipinski definition) is 5. The number of hydrogen-bond donors (Lipinski definition) is 1. The van der Waals surface area contributed by atoms with Crippen molar-refractivity contribution >= 4 is 21.4 Å². The van der Waals surface area contributed by atoms with Gasteiger partial charge in [-0.3, -0.25) is 9.69 Å². The van der Waals surface area contributed by atoms with E-state index in [0.717, 1.165) is 39.1 Å². The van der Waals surface area contributed by atoms with Crippen LogP contribution in [0, 0.1) is 6.92 Å². The Morgan fingerprint density at radius 1 is 1.03 bits per heavy atom. The highest BCUT2D eigenvalue weighted by molar-refractivity contribution is 7.89. The predicted octanol–water partition coefficient (Wildman–Crippen LogP) is 2.48. The third-order valence-electron chi connectivity index (χ3n) is 5.32. The first-order valence-corrected chi connectivity index (χ1v) is 12.4. The highest BCUT2D eigenvalue weighted by Gasteiger charge is 2.17. The van der Waals surface area contributed by atoms with Crippen molar-refractivity contribution < 1.29 is 13.2 Å². The Morgan fingerprint density at radius 3 is 2.37 bits per heavy atom. The van der Waals surface area contributed by atoms with Gasteiger partial charge in [-0.05, 0) is 55.3 Å². The monoisotopic (exact) mass is 429 g/mol. The molecule has 1 saturated heterocycles. The topological polar surface area (TPSA) is 69.7 Å². The molecular formula is C23H31N3O3S. The lowest BCUT2D eigenvalue weighted by Gasteiger charge is -2.36. The highest BCUT2D eigenvalue weighted by atomic mass is 32.2. The van der Waals surface area contributed by atoms with Gasteiger partial charge in [0.2, 0.25) is 0 Å². The summed E-state index contributed by atoms with van der Waals surface area (Å²) in [7, 11) is -3.07. The molecule has 0 unspecified atom stereocenters. The van der Waals surface area contributed by atoms with Gasteiger partial charge in [0.05, 0.1) is 5.75 Å². The quantitative estimate of drug-likeness (QED) is 0.653. The molecule has 162 valence electrons. The molecule has 6 nitrogen and oxygen atoms in total. The number of sulfone groups is 1. The fraction of sp³-hybridized carbons (Fsp3) is 0.435. The van der Waals surface area contributed by atoms with Crippen molar-refractivity contribution in [1.82, 2.24) is 10.2 Å². The maximum atomic E-state index is 12.3. The van der Waals surface area contributed by atoms with Crippen LogP contribution < -0.4 is 10.2 Å². The number of piperazine rings is 1. The predicted molar refractivity (Wildman–Crippen MR) is 122 cm³/mol. The number of carbonyl (C=O) groups is 1. The molecule has 1 fully saturated rings. The van der Waals surface area contributed by atoms with Crippen molar-refractivity contribution in [3.8, 4) is 0 Å². The van der Waals surface area contributed by atoms with Gasteiger partial charge in [-0.1, -0.05) is 24.3 Å². The minimum absolute atomic E-state index is 0.00790. The summed E-state index contributed by atoms with van der Waals surface area (Å²) >= 11 is 0. The van der Waals surface area contributed by atoms with Gasteiger partial charge in [0.15, 0.2) is 9.84 Å². The average molecular weight is 430 g/mol. The van der Waals surface area contributed by atoms with Gasteiger partial charge in [-0.2, -0.15) is 0 Å². The number of anilines is 1. The van der Waals surface area contributed by atoms with Gasteiger partial charge >= 0.3 is 0 Å². The van der Waals surface area contributed by atoms with E-state index in [9.17, 15) is 13.2 Å². The van der Waals surface area contributed by atoms with Gasteiger partial charge in [-0.15, -0.1) is 0 Å². The van der Waals surface area contributed by atoms with Crippen molar-refractivity contribution in [2.24, 2.45) is 0 Å². The molecule has 1 N–H and O–H groups in total. The van der Waals surface area contributed by atoms with Crippen molar-refractivity contribution in [2.45, 2.75) is 19.1 Å². The van der Waals surface area contributed by atoms with Crippen LogP contribution in [0.5, 0.6) is 0 Å². The lowest BCUT2D eigenvalue weighted by molar-refractivity contribution is 0.0951. The number of aryl methyl sites for hydroxylation is 1. The fourth-order valence-corrected chi connectivity index (χ4v) is 4.51. The Hall–Kier alpha value is -2.38. The van der Waals surface area contributed by atoms with Crippen molar-refractivity contribution in [2.75, 3.05) is 50.4 Å². The molecule has 7 heteroatoms. The van der Waals surface area contributed by atoms with Crippen LogP contribution in [0.1, 0.15) is 27.9 Å². The zero-order valence-electron chi connectivity index (χ0n) is 17.8. The maximum absolute atomic E-state index is 12.3. The van der Waals surface area contributed by atoms with Gasteiger partial charge < -0.3 is 10.2 Å². The number of nitrogens with zero attached hydrogens (tertiary/aromatic N) is 2. The molecule has 0 radical (unpaired) electrons. The van der Waals surface area contributed by atoms with E-state index in [0.29, 0.717) is 17.7 Å². The molecule has 0 saturated carbocycles. The number of amides is 1. The average Bonchev–Trinajstić information content (AvgIpc) is 2.71. The molecule has 1 amide bonds. The third kappa shape index (κ3) is 6.85. The van der Waals surface area contributed by atoms with E-state index in [2.05, 4.69) is 46.3 Å². The minimum atomic E-state index is -3.07. The third-order valence-corrected chi connectivity index (χ3v) is 6.18.